The van der Waals surface area contributed by atoms with Gasteiger partial charge < -0.3 is 11.1 Å². The minimum absolute atomic E-state index is 0.110. The number of hydrogen-bond acceptors (Lipinski definition) is 4. The number of benzene rings is 2. The zero-order chi connectivity index (χ0) is 14.0. The summed E-state index contributed by atoms with van der Waals surface area (Å²) in [6.45, 7) is 1.95. The fraction of sp³-hybridized carbons (Fsp3) is 0.0769. The van der Waals surface area contributed by atoms with Gasteiger partial charge in [-0.3, -0.25) is 10.1 Å². The molecule has 5 nitrogen and oxygen atoms in total. The SMILES string of the molecule is Cc1ccc(Cl)c(Nc2ccc([N+](=O)[O-])c(N)c2)c1. The van der Waals surface area contributed by atoms with Gasteiger partial charge in [-0.1, -0.05) is 17.7 Å². The quantitative estimate of drug-likeness (QED) is 0.507. The van der Waals surface area contributed by atoms with Gasteiger partial charge in [-0.05, 0) is 36.8 Å². The number of hydrogen-bond donors (Lipinski definition) is 2. The highest BCUT2D eigenvalue weighted by Gasteiger charge is 2.11. The molecular formula is C13H12ClN3O2. The number of anilines is 3. The summed E-state index contributed by atoms with van der Waals surface area (Å²) in [5.74, 6) is 0. The van der Waals surface area contributed by atoms with Crippen LogP contribution in [0.5, 0.6) is 0 Å². The largest absolute Gasteiger partial charge is 0.393 e. The maximum absolute atomic E-state index is 10.7. The van der Waals surface area contributed by atoms with Gasteiger partial charge in [-0.2, -0.15) is 0 Å². The molecule has 2 rings (SSSR count). The van der Waals surface area contributed by atoms with Crippen LogP contribution in [-0.2, 0) is 0 Å². The van der Waals surface area contributed by atoms with Crippen LogP contribution in [0.25, 0.3) is 0 Å². The molecule has 0 aliphatic carbocycles. The molecule has 0 heterocycles. The number of nitrogen functional groups attached to an aromatic ring is 1. The van der Waals surface area contributed by atoms with Gasteiger partial charge in [0.2, 0.25) is 0 Å². The maximum atomic E-state index is 10.7. The first-order valence-corrected chi connectivity index (χ1v) is 5.92. The lowest BCUT2D eigenvalue weighted by molar-refractivity contribution is -0.383. The van der Waals surface area contributed by atoms with Gasteiger partial charge in [0.05, 0.1) is 15.6 Å². The van der Waals surface area contributed by atoms with Crippen LogP contribution in [0.2, 0.25) is 5.02 Å². The number of halogens is 1. The molecule has 2 aromatic carbocycles. The fourth-order valence-electron chi connectivity index (χ4n) is 1.69. The highest BCUT2D eigenvalue weighted by Crippen LogP contribution is 2.30. The van der Waals surface area contributed by atoms with E-state index in [-0.39, 0.29) is 11.4 Å². The molecule has 0 fully saturated rings. The average molecular weight is 278 g/mol. The third-order valence-corrected chi connectivity index (χ3v) is 2.95. The van der Waals surface area contributed by atoms with Crippen molar-refractivity contribution >= 4 is 34.4 Å². The van der Waals surface area contributed by atoms with Crippen molar-refractivity contribution in [1.29, 1.82) is 0 Å². The van der Waals surface area contributed by atoms with Gasteiger partial charge in [-0.25, -0.2) is 0 Å². The molecule has 3 N–H and O–H groups in total. The van der Waals surface area contributed by atoms with E-state index in [1.165, 1.54) is 12.1 Å². The zero-order valence-corrected chi connectivity index (χ0v) is 10.9. The third kappa shape index (κ3) is 2.95. The van der Waals surface area contributed by atoms with Gasteiger partial charge in [0.15, 0.2) is 0 Å². The van der Waals surface area contributed by atoms with E-state index in [9.17, 15) is 10.1 Å². The lowest BCUT2D eigenvalue weighted by atomic mass is 10.2. The molecule has 0 aromatic heterocycles. The third-order valence-electron chi connectivity index (χ3n) is 2.63. The fourth-order valence-corrected chi connectivity index (χ4v) is 1.85. The highest BCUT2D eigenvalue weighted by atomic mass is 35.5. The molecule has 0 spiro atoms. The number of nitrogens with one attached hydrogen (secondary N) is 1. The lowest BCUT2D eigenvalue weighted by Gasteiger charge is -2.10. The Labute approximate surface area is 115 Å². The summed E-state index contributed by atoms with van der Waals surface area (Å²) >= 11 is 6.07. The topological polar surface area (TPSA) is 81.2 Å². The molecule has 0 saturated heterocycles. The molecule has 0 amide bonds. The van der Waals surface area contributed by atoms with Gasteiger partial charge >= 0.3 is 0 Å². The molecular weight excluding hydrogens is 266 g/mol. The highest BCUT2D eigenvalue weighted by molar-refractivity contribution is 6.33. The van der Waals surface area contributed by atoms with E-state index >= 15 is 0 Å². The van der Waals surface area contributed by atoms with E-state index in [1.807, 2.05) is 19.1 Å². The van der Waals surface area contributed by atoms with Crippen LogP contribution in [0.1, 0.15) is 5.56 Å². The van der Waals surface area contributed by atoms with Crippen molar-refractivity contribution in [3.8, 4) is 0 Å². The summed E-state index contributed by atoms with van der Waals surface area (Å²) in [6.07, 6.45) is 0. The van der Waals surface area contributed by atoms with Crippen molar-refractivity contribution in [3.63, 3.8) is 0 Å². The van der Waals surface area contributed by atoms with Crippen LogP contribution in [0.3, 0.4) is 0 Å². The van der Waals surface area contributed by atoms with Crippen LogP contribution < -0.4 is 11.1 Å². The van der Waals surface area contributed by atoms with Gasteiger partial charge in [-0.15, -0.1) is 0 Å². The minimum atomic E-state index is -0.515. The number of rotatable bonds is 3. The van der Waals surface area contributed by atoms with Crippen LogP contribution in [-0.4, -0.2) is 4.92 Å². The van der Waals surface area contributed by atoms with Crippen LogP contribution in [0.15, 0.2) is 36.4 Å². The summed E-state index contributed by atoms with van der Waals surface area (Å²) in [4.78, 5) is 10.2. The van der Waals surface area contributed by atoms with Crippen molar-refractivity contribution in [3.05, 3.63) is 57.1 Å². The van der Waals surface area contributed by atoms with E-state index in [2.05, 4.69) is 5.32 Å². The van der Waals surface area contributed by atoms with Crippen LogP contribution in [0.4, 0.5) is 22.7 Å². The predicted octanol–water partition coefficient (Wildman–Crippen LogP) is 3.88. The minimum Gasteiger partial charge on any atom is -0.393 e. The van der Waals surface area contributed by atoms with Crippen molar-refractivity contribution < 1.29 is 4.92 Å². The molecule has 0 aliphatic heterocycles. The smallest absolute Gasteiger partial charge is 0.292 e. The predicted molar refractivity (Wildman–Crippen MR) is 77.0 cm³/mol. The van der Waals surface area contributed by atoms with E-state index in [4.69, 9.17) is 17.3 Å². The van der Waals surface area contributed by atoms with E-state index < -0.39 is 4.92 Å². The van der Waals surface area contributed by atoms with Crippen molar-refractivity contribution in [1.82, 2.24) is 0 Å². The number of nitrogens with zero attached hydrogens (tertiary/aromatic N) is 1. The first kappa shape index (κ1) is 13.2. The van der Waals surface area contributed by atoms with Gasteiger partial charge in [0, 0.05) is 11.8 Å². The lowest BCUT2D eigenvalue weighted by Crippen LogP contribution is -1.98. The second-order valence-corrected chi connectivity index (χ2v) is 4.55. The van der Waals surface area contributed by atoms with Gasteiger partial charge in [0.1, 0.15) is 5.69 Å². The van der Waals surface area contributed by atoms with Crippen LogP contribution >= 0.6 is 11.6 Å². The monoisotopic (exact) mass is 277 g/mol. The Kier molecular flexibility index (Phi) is 3.57. The maximum Gasteiger partial charge on any atom is 0.292 e. The molecule has 0 bridgehead atoms. The average Bonchev–Trinajstić information content (AvgIpc) is 2.33. The first-order valence-electron chi connectivity index (χ1n) is 5.54. The standard InChI is InChI=1S/C13H12ClN3O2/c1-8-2-4-10(14)12(6-8)16-9-3-5-13(17(18)19)11(15)7-9/h2-7,16H,15H2,1H3. The zero-order valence-electron chi connectivity index (χ0n) is 10.2. The molecule has 0 saturated carbocycles. The molecule has 6 heteroatoms. The Hall–Kier alpha value is -2.27. The van der Waals surface area contributed by atoms with Crippen molar-refractivity contribution in [2.24, 2.45) is 0 Å². The summed E-state index contributed by atoms with van der Waals surface area (Å²) in [5, 5.41) is 14.3. The number of nitro groups is 1. The number of aryl methyl sites for hydroxylation is 1. The molecule has 0 aliphatic rings. The molecule has 19 heavy (non-hydrogen) atoms. The van der Waals surface area contributed by atoms with E-state index in [0.29, 0.717) is 10.7 Å². The molecule has 0 radical (unpaired) electrons. The molecule has 98 valence electrons. The molecule has 0 atom stereocenters. The Morgan fingerprint density at radius 3 is 2.63 bits per heavy atom. The van der Waals surface area contributed by atoms with Crippen molar-refractivity contribution in [2.45, 2.75) is 6.92 Å². The number of nitrogens with two attached hydrogens (primary N) is 1. The summed E-state index contributed by atoms with van der Waals surface area (Å²) in [5.41, 5.74) is 8.07. The summed E-state index contributed by atoms with van der Waals surface area (Å²) in [6, 6.07) is 10.0. The Balaban J connectivity index is 2.31. The Bertz CT molecular complexity index is 644. The molecule has 0 unspecified atom stereocenters. The van der Waals surface area contributed by atoms with Gasteiger partial charge in [0.25, 0.3) is 5.69 Å². The second kappa shape index (κ2) is 5.16. The number of nitro benzene ring substituents is 1. The second-order valence-electron chi connectivity index (χ2n) is 4.14. The van der Waals surface area contributed by atoms with Crippen molar-refractivity contribution in [2.75, 3.05) is 11.1 Å². The Morgan fingerprint density at radius 2 is 2.00 bits per heavy atom. The first-order chi connectivity index (χ1) is 8.97. The summed E-state index contributed by atoms with van der Waals surface area (Å²) < 4.78 is 0. The Morgan fingerprint density at radius 1 is 1.26 bits per heavy atom. The summed E-state index contributed by atoms with van der Waals surface area (Å²) in [7, 11) is 0. The van der Waals surface area contributed by atoms with E-state index in [1.54, 1.807) is 12.1 Å². The van der Waals surface area contributed by atoms with E-state index in [0.717, 1.165) is 11.3 Å². The molecule has 2 aromatic rings. The normalized spacial score (nSPS) is 10.2. The van der Waals surface area contributed by atoms with Crippen LogP contribution in [0, 0.1) is 17.0 Å².